The van der Waals surface area contributed by atoms with E-state index in [1.54, 1.807) is 0 Å². The summed E-state index contributed by atoms with van der Waals surface area (Å²) in [5.41, 5.74) is 5.68. The fourth-order valence-electron chi connectivity index (χ4n) is 4.83. The van der Waals surface area contributed by atoms with Crippen LogP contribution in [-0.2, 0) is 32.4 Å². The standard InChI is InChI=1S/C28H19O.BrH.Hg/c29-27-20-25(21-12-4-1-5-13-21)24-18-10-11-19-26(24)28(27,22-14-6-2-7-15-22)23-16-8-3-9-17-23;;/h1-19H;1H;/q;;+1/p-1. The Kier molecular flexibility index (Phi) is 5.77. The van der Waals surface area contributed by atoms with Gasteiger partial charge in [-0.2, -0.15) is 0 Å². The average molecular weight is 652 g/mol. The summed E-state index contributed by atoms with van der Waals surface area (Å²) >= 11 is 2.07. The zero-order valence-corrected chi connectivity index (χ0v) is 24.0. The summed E-state index contributed by atoms with van der Waals surface area (Å²) < 4.78 is 1.03. The van der Waals surface area contributed by atoms with Crippen LogP contribution in [0.3, 0.4) is 0 Å². The van der Waals surface area contributed by atoms with Gasteiger partial charge in [-0.3, -0.25) is 0 Å². The van der Waals surface area contributed by atoms with Crippen molar-refractivity contribution < 1.29 is 26.9 Å². The van der Waals surface area contributed by atoms with Gasteiger partial charge in [-0.1, -0.05) is 0 Å². The van der Waals surface area contributed by atoms with Gasteiger partial charge < -0.3 is 0 Å². The van der Waals surface area contributed by atoms with E-state index >= 15 is 0 Å². The van der Waals surface area contributed by atoms with Gasteiger partial charge in [0.1, 0.15) is 0 Å². The molecule has 31 heavy (non-hydrogen) atoms. The van der Waals surface area contributed by atoms with Crippen molar-refractivity contribution in [3.8, 4) is 0 Å². The quantitative estimate of drug-likeness (QED) is 0.223. The van der Waals surface area contributed by atoms with Crippen LogP contribution in [0.5, 0.6) is 0 Å². The summed E-state index contributed by atoms with van der Waals surface area (Å²) in [4.78, 5) is 14.6. The number of benzene rings is 4. The van der Waals surface area contributed by atoms with Gasteiger partial charge in [-0.25, -0.2) is 0 Å². The number of ketones is 1. The molecule has 146 valence electrons. The first-order valence-electron chi connectivity index (χ1n) is 10.4. The van der Waals surface area contributed by atoms with Crippen molar-refractivity contribution in [2.75, 3.05) is 0 Å². The number of carbonyl (C=O) groups is 1. The Bertz CT molecular complexity index is 1220. The van der Waals surface area contributed by atoms with E-state index in [1.165, 1.54) is 0 Å². The third-order valence-electron chi connectivity index (χ3n) is 6.13. The molecule has 0 saturated heterocycles. The van der Waals surface area contributed by atoms with Crippen LogP contribution >= 0.6 is 11.9 Å². The minimum atomic E-state index is -1.81. The van der Waals surface area contributed by atoms with Gasteiger partial charge in [0.25, 0.3) is 0 Å². The van der Waals surface area contributed by atoms with E-state index in [0.29, 0.717) is 0 Å². The molecule has 0 heterocycles. The van der Waals surface area contributed by atoms with Crippen LogP contribution in [0.2, 0.25) is 0 Å². The maximum absolute atomic E-state index is 14.6. The number of hydrogen-bond acceptors (Lipinski definition) is 1. The molecule has 5 rings (SSSR count). The summed E-state index contributed by atoms with van der Waals surface area (Å²) in [5.74, 6) is 0.223. The van der Waals surface area contributed by atoms with Gasteiger partial charge >= 0.3 is 202 Å². The number of carbonyl (C=O) groups excluding carboxylic acids is 1. The van der Waals surface area contributed by atoms with E-state index in [1.807, 2.05) is 42.5 Å². The summed E-state index contributed by atoms with van der Waals surface area (Å²) in [6.45, 7) is 0. The molecular formula is C28H19BrHgO. The number of Topliss-reactive ketones (excluding diaryl/α,β-unsaturated/α-hetero) is 1. The molecule has 0 spiro atoms. The van der Waals surface area contributed by atoms with Gasteiger partial charge in [-0.15, -0.1) is 0 Å². The van der Waals surface area contributed by atoms with E-state index < -0.39 is 27.6 Å². The molecule has 1 aliphatic rings. The molecule has 4 aromatic carbocycles. The van der Waals surface area contributed by atoms with Crippen molar-refractivity contribution in [1.82, 2.24) is 0 Å². The van der Waals surface area contributed by atoms with Gasteiger partial charge in [0.05, 0.1) is 0 Å². The van der Waals surface area contributed by atoms with E-state index in [0.717, 1.165) is 36.5 Å². The molecule has 3 heteroatoms. The molecule has 0 bridgehead atoms. The van der Waals surface area contributed by atoms with Crippen molar-refractivity contribution in [1.29, 1.82) is 0 Å². The van der Waals surface area contributed by atoms with E-state index in [4.69, 9.17) is 0 Å². The zero-order valence-electron chi connectivity index (χ0n) is 17.0. The van der Waals surface area contributed by atoms with Gasteiger partial charge in [0, 0.05) is 0 Å². The number of rotatable bonds is 4. The first-order chi connectivity index (χ1) is 15.3. The second kappa shape index (κ2) is 8.68. The molecule has 1 aliphatic carbocycles. The van der Waals surface area contributed by atoms with Crippen molar-refractivity contribution in [2.45, 2.75) is 5.41 Å². The summed E-state index contributed by atoms with van der Waals surface area (Å²) in [5, 5.41) is 0. The predicted molar refractivity (Wildman–Crippen MR) is 126 cm³/mol. The molecule has 0 atom stereocenters. The molecule has 0 fully saturated rings. The van der Waals surface area contributed by atoms with Crippen LogP contribution in [0.4, 0.5) is 0 Å². The molecule has 0 amide bonds. The van der Waals surface area contributed by atoms with Crippen molar-refractivity contribution in [3.05, 3.63) is 146 Å². The first-order valence-corrected chi connectivity index (χ1v) is 25.1. The third kappa shape index (κ3) is 3.28. The van der Waals surface area contributed by atoms with Crippen molar-refractivity contribution in [2.24, 2.45) is 0 Å². The van der Waals surface area contributed by atoms with E-state index in [-0.39, 0.29) is 5.78 Å². The third-order valence-corrected chi connectivity index (χ3v) is 14.7. The molecule has 0 saturated carbocycles. The van der Waals surface area contributed by atoms with E-state index in [9.17, 15) is 4.79 Å². The molecule has 0 unspecified atom stereocenters. The molecule has 0 aromatic heterocycles. The number of allylic oxidation sites excluding steroid dienone is 1. The predicted octanol–water partition coefficient (Wildman–Crippen LogP) is 6.76. The van der Waals surface area contributed by atoms with Crippen LogP contribution in [0, 0.1) is 0 Å². The Balaban J connectivity index is 1.93. The SMILES string of the molecule is O=C1[C]([Hg][Br])=C(c2ccccc2)c2ccccc2C1(c1ccccc1)c1ccccc1. The molecule has 0 aliphatic heterocycles. The number of fused-ring (bicyclic) bond motifs is 1. The second-order valence-corrected chi connectivity index (χ2v) is 16.4. The van der Waals surface area contributed by atoms with Crippen LogP contribution in [0.1, 0.15) is 27.8 Å². The minimum absolute atomic E-state index is 0.223. The summed E-state index contributed by atoms with van der Waals surface area (Å²) in [6, 6.07) is 39.4. The summed E-state index contributed by atoms with van der Waals surface area (Å²) in [7, 11) is 0. The molecular weight excluding hydrogens is 633 g/mol. The number of halogens is 1. The maximum atomic E-state index is 14.6. The van der Waals surface area contributed by atoms with Crippen LogP contribution < -0.4 is 0 Å². The normalized spacial score (nSPS) is 14.7. The van der Waals surface area contributed by atoms with Crippen LogP contribution in [0.15, 0.2) is 118 Å². The van der Waals surface area contributed by atoms with Gasteiger partial charge in [0.15, 0.2) is 0 Å². The molecule has 1 nitrogen and oxygen atoms in total. The monoisotopic (exact) mass is 652 g/mol. The zero-order chi connectivity index (χ0) is 21.3. The topological polar surface area (TPSA) is 17.1 Å². The van der Waals surface area contributed by atoms with Crippen molar-refractivity contribution in [3.63, 3.8) is 0 Å². The fourth-order valence-corrected chi connectivity index (χ4v) is 13.1. The van der Waals surface area contributed by atoms with Crippen LogP contribution in [0.25, 0.3) is 5.57 Å². The average Bonchev–Trinajstić information content (AvgIpc) is 2.85. The van der Waals surface area contributed by atoms with E-state index in [2.05, 4.69) is 84.7 Å². The van der Waals surface area contributed by atoms with Gasteiger partial charge in [0.2, 0.25) is 0 Å². The Morgan fingerprint density at radius 1 is 0.613 bits per heavy atom. The Morgan fingerprint density at radius 2 is 1.10 bits per heavy atom. The Labute approximate surface area is 200 Å². The Morgan fingerprint density at radius 3 is 1.65 bits per heavy atom. The van der Waals surface area contributed by atoms with Gasteiger partial charge in [-0.05, 0) is 0 Å². The molecule has 4 aromatic rings. The number of hydrogen-bond donors (Lipinski definition) is 0. The summed E-state index contributed by atoms with van der Waals surface area (Å²) in [6.07, 6.45) is 0. The molecule has 0 radical (unpaired) electrons. The van der Waals surface area contributed by atoms with Crippen LogP contribution in [-0.4, -0.2) is 5.78 Å². The fraction of sp³-hybridized carbons (Fsp3) is 0.0357. The first kappa shape index (κ1) is 20.6. The Hall–Kier alpha value is -2.29. The molecule has 0 N–H and O–H groups in total. The van der Waals surface area contributed by atoms with Crippen molar-refractivity contribution >= 4 is 23.3 Å². The second-order valence-electron chi connectivity index (χ2n) is 7.71.